The fraction of sp³-hybridized carbons (Fsp3) is 0.350. The zero-order valence-corrected chi connectivity index (χ0v) is 17.5. The first-order valence-corrected chi connectivity index (χ1v) is 10.2. The Kier molecular flexibility index (Phi) is 7.04. The van der Waals surface area contributed by atoms with Gasteiger partial charge in [0.05, 0.1) is 31.7 Å². The van der Waals surface area contributed by atoms with Gasteiger partial charge in [0, 0.05) is 7.05 Å². The van der Waals surface area contributed by atoms with Gasteiger partial charge in [-0.05, 0) is 43.7 Å². The summed E-state index contributed by atoms with van der Waals surface area (Å²) < 4.78 is 36.7. The van der Waals surface area contributed by atoms with E-state index in [0.29, 0.717) is 11.5 Å². The van der Waals surface area contributed by atoms with Gasteiger partial charge in [-0.1, -0.05) is 23.8 Å². The van der Waals surface area contributed by atoms with Crippen LogP contribution in [0.1, 0.15) is 24.1 Å². The molecule has 8 heteroatoms. The Hall–Kier alpha value is -2.58. The van der Waals surface area contributed by atoms with Crippen molar-refractivity contribution >= 4 is 15.9 Å². The van der Waals surface area contributed by atoms with Crippen molar-refractivity contribution in [3.05, 3.63) is 53.6 Å². The van der Waals surface area contributed by atoms with Gasteiger partial charge in [-0.3, -0.25) is 4.79 Å². The fourth-order valence-corrected chi connectivity index (χ4v) is 3.80. The molecule has 0 bridgehead atoms. The third kappa shape index (κ3) is 5.02. The lowest BCUT2D eigenvalue weighted by atomic mass is 10.1. The lowest BCUT2D eigenvalue weighted by Crippen LogP contribution is -2.39. The number of hydrogen-bond donors (Lipinski definition) is 1. The highest BCUT2D eigenvalue weighted by atomic mass is 32.2. The molecule has 0 saturated heterocycles. The van der Waals surface area contributed by atoms with Crippen LogP contribution in [0.5, 0.6) is 11.5 Å². The normalized spacial score (nSPS) is 12.5. The standard InChI is InChI=1S/C20H26N2O5S/c1-14-6-9-17(10-7-14)28(24,25)22(3)13-20(23)21-15(2)16-8-11-18(26-4)19(12-16)27-5/h6-12,15H,13H2,1-5H3,(H,21,23)/t15-/m1/s1. The molecule has 0 aliphatic heterocycles. The Labute approximate surface area is 166 Å². The maximum Gasteiger partial charge on any atom is 0.243 e. The molecule has 0 radical (unpaired) electrons. The van der Waals surface area contributed by atoms with Crippen LogP contribution < -0.4 is 14.8 Å². The molecule has 0 aliphatic carbocycles. The minimum absolute atomic E-state index is 0.154. The van der Waals surface area contributed by atoms with E-state index in [-0.39, 0.29) is 17.5 Å². The second-order valence-electron chi connectivity index (χ2n) is 6.48. The maximum absolute atomic E-state index is 12.6. The first-order valence-electron chi connectivity index (χ1n) is 8.73. The number of nitrogens with one attached hydrogen (secondary N) is 1. The van der Waals surface area contributed by atoms with Crippen molar-refractivity contribution in [1.29, 1.82) is 0 Å². The van der Waals surface area contributed by atoms with Crippen molar-refractivity contribution < 1.29 is 22.7 Å². The summed E-state index contributed by atoms with van der Waals surface area (Å²) in [4.78, 5) is 12.5. The van der Waals surface area contributed by atoms with Gasteiger partial charge in [-0.25, -0.2) is 8.42 Å². The van der Waals surface area contributed by atoms with Crippen molar-refractivity contribution in [2.24, 2.45) is 0 Å². The molecule has 28 heavy (non-hydrogen) atoms. The Morgan fingerprint density at radius 3 is 2.25 bits per heavy atom. The van der Waals surface area contributed by atoms with Gasteiger partial charge >= 0.3 is 0 Å². The van der Waals surface area contributed by atoms with E-state index in [1.165, 1.54) is 26.3 Å². The molecular weight excluding hydrogens is 380 g/mol. The number of carbonyl (C=O) groups is 1. The second kappa shape index (κ2) is 9.07. The van der Waals surface area contributed by atoms with Crippen molar-refractivity contribution in [2.75, 3.05) is 27.8 Å². The Balaban J connectivity index is 2.05. The first kappa shape index (κ1) is 21.7. The lowest BCUT2D eigenvalue weighted by molar-refractivity contribution is -0.121. The molecular formula is C20H26N2O5S. The molecule has 0 heterocycles. The topological polar surface area (TPSA) is 84.9 Å². The highest BCUT2D eigenvalue weighted by molar-refractivity contribution is 7.89. The molecule has 1 atom stereocenters. The van der Waals surface area contributed by atoms with Gasteiger partial charge < -0.3 is 14.8 Å². The van der Waals surface area contributed by atoms with E-state index < -0.39 is 15.9 Å². The number of ether oxygens (including phenoxy) is 2. The minimum atomic E-state index is -3.73. The van der Waals surface area contributed by atoms with Crippen molar-refractivity contribution in [3.63, 3.8) is 0 Å². The van der Waals surface area contributed by atoms with E-state index in [1.54, 1.807) is 31.4 Å². The van der Waals surface area contributed by atoms with E-state index in [0.717, 1.165) is 15.4 Å². The fourth-order valence-electron chi connectivity index (χ4n) is 2.67. The van der Waals surface area contributed by atoms with Crippen LogP contribution in [0, 0.1) is 6.92 Å². The molecule has 0 spiro atoms. The second-order valence-corrected chi connectivity index (χ2v) is 8.52. The smallest absolute Gasteiger partial charge is 0.243 e. The average molecular weight is 407 g/mol. The zero-order chi connectivity index (χ0) is 20.9. The van der Waals surface area contributed by atoms with Crippen LogP contribution in [0.2, 0.25) is 0 Å². The summed E-state index contributed by atoms with van der Waals surface area (Å²) in [6.45, 7) is 3.41. The number of amides is 1. The number of hydrogen-bond acceptors (Lipinski definition) is 5. The van der Waals surface area contributed by atoms with Crippen LogP contribution in [0.4, 0.5) is 0 Å². The van der Waals surface area contributed by atoms with Crippen molar-refractivity contribution in [1.82, 2.24) is 9.62 Å². The Morgan fingerprint density at radius 2 is 1.68 bits per heavy atom. The van der Waals surface area contributed by atoms with Gasteiger partial charge in [-0.15, -0.1) is 0 Å². The quantitative estimate of drug-likeness (QED) is 0.728. The van der Waals surface area contributed by atoms with Crippen LogP contribution >= 0.6 is 0 Å². The number of likely N-dealkylation sites (N-methyl/N-ethyl adjacent to an activating group) is 1. The summed E-state index contributed by atoms with van der Waals surface area (Å²) in [5.41, 5.74) is 1.78. The van der Waals surface area contributed by atoms with E-state index >= 15 is 0 Å². The molecule has 0 fully saturated rings. The summed E-state index contributed by atoms with van der Waals surface area (Å²) >= 11 is 0. The van der Waals surface area contributed by atoms with E-state index in [9.17, 15) is 13.2 Å². The molecule has 1 N–H and O–H groups in total. The van der Waals surface area contributed by atoms with Crippen LogP contribution in [0.25, 0.3) is 0 Å². The number of sulfonamides is 1. The summed E-state index contributed by atoms with van der Waals surface area (Å²) in [6.07, 6.45) is 0. The molecule has 2 aromatic carbocycles. The van der Waals surface area contributed by atoms with Gasteiger partial charge in [0.25, 0.3) is 0 Å². The molecule has 0 aromatic heterocycles. The molecule has 7 nitrogen and oxygen atoms in total. The Morgan fingerprint density at radius 1 is 1.07 bits per heavy atom. The molecule has 0 unspecified atom stereocenters. The number of rotatable bonds is 8. The maximum atomic E-state index is 12.6. The monoisotopic (exact) mass is 406 g/mol. The largest absolute Gasteiger partial charge is 0.493 e. The molecule has 0 aliphatic rings. The van der Waals surface area contributed by atoms with E-state index in [2.05, 4.69) is 5.32 Å². The predicted octanol–water partition coefficient (Wildman–Crippen LogP) is 2.51. The van der Waals surface area contributed by atoms with Crippen LogP contribution in [0.15, 0.2) is 47.4 Å². The van der Waals surface area contributed by atoms with Crippen LogP contribution in [-0.2, 0) is 14.8 Å². The summed E-state index contributed by atoms with van der Waals surface area (Å²) in [5.74, 6) is 0.745. The molecule has 0 saturated carbocycles. The van der Waals surface area contributed by atoms with Crippen molar-refractivity contribution in [3.8, 4) is 11.5 Å². The van der Waals surface area contributed by atoms with Crippen LogP contribution in [0.3, 0.4) is 0 Å². The zero-order valence-electron chi connectivity index (χ0n) is 16.7. The Bertz CT molecular complexity index is 926. The summed E-state index contributed by atoms with van der Waals surface area (Å²) in [7, 11) is 0.736. The molecule has 2 rings (SSSR count). The summed E-state index contributed by atoms with van der Waals surface area (Å²) in [5, 5.41) is 2.81. The molecule has 152 valence electrons. The predicted molar refractivity (Wildman–Crippen MR) is 107 cm³/mol. The number of methoxy groups -OCH3 is 2. The van der Waals surface area contributed by atoms with Gasteiger partial charge in [0.1, 0.15) is 0 Å². The van der Waals surface area contributed by atoms with Crippen molar-refractivity contribution in [2.45, 2.75) is 24.8 Å². The highest BCUT2D eigenvalue weighted by Crippen LogP contribution is 2.29. The minimum Gasteiger partial charge on any atom is -0.493 e. The SMILES string of the molecule is COc1ccc([C@@H](C)NC(=O)CN(C)S(=O)(=O)c2ccc(C)cc2)cc1OC. The number of nitrogens with zero attached hydrogens (tertiary/aromatic N) is 1. The third-order valence-corrected chi connectivity index (χ3v) is 6.20. The third-order valence-electron chi connectivity index (χ3n) is 4.38. The average Bonchev–Trinajstić information content (AvgIpc) is 2.67. The van der Waals surface area contributed by atoms with Crippen LogP contribution in [-0.4, -0.2) is 46.4 Å². The van der Waals surface area contributed by atoms with E-state index in [1.807, 2.05) is 19.9 Å². The number of benzene rings is 2. The molecule has 1 amide bonds. The first-order chi connectivity index (χ1) is 13.2. The summed E-state index contributed by atoms with van der Waals surface area (Å²) in [6, 6.07) is 11.5. The van der Waals surface area contributed by atoms with Gasteiger partial charge in [0.2, 0.25) is 15.9 Å². The lowest BCUT2D eigenvalue weighted by Gasteiger charge is -2.20. The number of aryl methyl sites for hydroxylation is 1. The number of carbonyl (C=O) groups excluding carboxylic acids is 1. The molecule has 2 aromatic rings. The van der Waals surface area contributed by atoms with Gasteiger partial charge in [-0.2, -0.15) is 4.31 Å². The van der Waals surface area contributed by atoms with E-state index in [4.69, 9.17) is 9.47 Å². The van der Waals surface area contributed by atoms with Gasteiger partial charge in [0.15, 0.2) is 11.5 Å². The highest BCUT2D eigenvalue weighted by Gasteiger charge is 2.23.